The monoisotopic (exact) mass is 363 g/mol. The Morgan fingerprint density at radius 3 is 2.63 bits per heavy atom. The Morgan fingerprint density at radius 1 is 1.15 bits per heavy atom. The van der Waals surface area contributed by atoms with Crippen molar-refractivity contribution in [3.05, 3.63) is 54.1 Å². The van der Waals surface area contributed by atoms with Crippen LogP contribution in [0.4, 0.5) is 5.69 Å². The van der Waals surface area contributed by atoms with Crippen molar-refractivity contribution in [1.29, 1.82) is 0 Å². The lowest BCUT2D eigenvalue weighted by Gasteiger charge is -2.15. The van der Waals surface area contributed by atoms with Gasteiger partial charge in [0.15, 0.2) is 0 Å². The van der Waals surface area contributed by atoms with Crippen LogP contribution in [0.15, 0.2) is 48.5 Å². The highest BCUT2D eigenvalue weighted by atomic mass is 16.2. The van der Waals surface area contributed by atoms with Gasteiger partial charge in [-0.25, -0.2) is 4.68 Å². The highest BCUT2D eigenvalue weighted by molar-refractivity contribution is 5.94. The number of hydrogen-bond donors (Lipinski definition) is 2. The zero-order valence-corrected chi connectivity index (χ0v) is 15.1. The normalized spacial score (nSPS) is 14.7. The number of aromatic nitrogens is 3. The smallest absolute Gasteiger partial charge is 0.242 e. The van der Waals surface area contributed by atoms with Gasteiger partial charge in [-0.2, -0.15) is 0 Å². The van der Waals surface area contributed by atoms with Gasteiger partial charge in [0.25, 0.3) is 0 Å². The summed E-state index contributed by atoms with van der Waals surface area (Å²) in [7, 11) is 0. The third-order valence-corrected chi connectivity index (χ3v) is 4.72. The molecule has 2 N–H and O–H groups in total. The molecule has 1 aliphatic rings. The molecule has 2 amide bonds. The molecular formula is C20H21N5O2. The second-order valence-corrected chi connectivity index (χ2v) is 6.91. The number of rotatable bonds is 6. The van der Waals surface area contributed by atoms with E-state index in [9.17, 15) is 9.59 Å². The van der Waals surface area contributed by atoms with E-state index < -0.39 is 0 Å². The molecule has 0 aliphatic heterocycles. The van der Waals surface area contributed by atoms with E-state index in [0.717, 1.165) is 35.1 Å². The number of carbonyl (C=O) groups excluding carboxylic acids is 2. The first-order valence-corrected chi connectivity index (χ1v) is 9.08. The summed E-state index contributed by atoms with van der Waals surface area (Å²) in [4.78, 5) is 24.2. The van der Waals surface area contributed by atoms with E-state index >= 15 is 0 Å². The molecule has 0 bridgehead atoms. The Hall–Kier alpha value is -3.22. The number of para-hydroxylation sites is 1. The molecule has 4 rings (SSSR count). The number of nitrogens with one attached hydrogen (secondary N) is 2. The molecule has 0 radical (unpaired) electrons. The molecular weight excluding hydrogens is 342 g/mol. The molecule has 0 spiro atoms. The molecule has 3 aromatic rings. The van der Waals surface area contributed by atoms with E-state index in [4.69, 9.17) is 0 Å². The predicted molar refractivity (Wildman–Crippen MR) is 102 cm³/mol. The Labute approximate surface area is 156 Å². The lowest BCUT2D eigenvalue weighted by Crippen LogP contribution is -2.30. The van der Waals surface area contributed by atoms with Crippen molar-refractivity contribution in [2.45, 2.75) is 32.4 Å². The van der Waals surface area contributed by atoms with Gasteiger partial charge in [-0.1, -0.05) is 29.5 Å². The van der Waals surface area contributed by atoms with Crippen LogP contribution >= 0.6 is 0 Å². The van der Waals surface area contributed by atoms with Gasteiger partial charge in [-0.15, -0.1) is 5.10 Å². The van der Waals surface area contributed by atoms with Crippen molar-refractivity contribution in [3.63, 3.8) is 0 Å². The van der Waals surface area contributed by atoms with Gasteiger partial charge in [0.05, 0.1) is 11.6 Å². The molecule has 1 atom stereocenters. The molecule has 1 aliphatic carbocycles. The van der Waals surface area contributed by atoms with Crippen LogP contribution in [0, 0.1) is 5.92 Å². The third kappa shape index (κ3) is 3.97. The van der Waals surface area contributed by atoms with E-state index in [-0.39, 0.29) is 30.3 Å². The number of fused-ring (bicyclic) bond motifs is 1. The summed E-state index contributed by atoms with van der Waals surface area (Å²) >= 11 is 0. The summed E-state index contributed by atoms with van der Waals surface area (Å²) in [5, 5.41) is 14.0. The lowest BCUT2D eigenvalue weighted by atomic mass is 10.1. The summed E-state index contributed by atoms with van der Waals surface area (Å²) in [6.45, 7) is 2.04. The van der Waals surface area contributed by atoms with Crippen molar-refractivity contribution in [1.82, 2.24) is 20.3 Å². The van der Waals surface area contributed by atoms with Crippen molar-refractivity contribution in [2.75, 3.05) is 5.32 Å². The third-order valence-electron chi connectivity index (χ3n) is 4.72. The van der Waals surface area contributed by atoms with E-state index in [1.807, 2.05) is 55.5 Å². The summed E-state index contributed by atoms with van der Waals surface area (Å²) in [6, 6.07) is 14.9. The second kappa shape index (κ2) is 7.19. The van der Waals surface area contributed by atoms with E-state index in [2.05, 4.69) is 20.9 Å². The predicted octanol–water partition coefficient (Wildman–Crippen LogP) is 2.66. The summed E-state index contributed by atoms with van der Waals surface area (Å²) in [5.74, 6) is 0.129. The summed E-state index contributed by atoms with van der Waals surface area (Å²) in [5.41, 5.74) is 3.35. The van der Waals surface area contributed by atoms with Crippen LogP contribution in [0.2, 0.25) is 0 Å². The van der Waals surface area contributed by atoms with Crippen LogP contribution in [0.5, 0.6) is 0 Å². The van der Waals surface area contributed by atoms with E-state index in [1.165, 1.54) is 0 Å². The molecule has 1 saturated carbocycles. The van der Waals surface area contributed by atoms with Crippen LogP contribution in [-0.4, -0.2) is 26.8 Å². The number of carbonyl (C=O) groups is 2. The Kier molecular flexibility index (Phi) is 4.58. The zero-order valence-electron chi connectivity index (χ0n) is 15.1. The van der Waals surface area contributed by atoms with Crippen LogP contribution in [0.3, 0.4) is 0 Å². The number of amides is 2. The van der Waals surface area contributed by atoms with Crippen molar-refractivity contribution >= 4 is 28.5 Å². The Morgan fingerprint density at radius 2 is 1.89 bits per heavy atom. The average molecular weight is 363 g/mol. The van der Waals surface area contributed by atoms with Gasteiger partial charge in [0.2, 0.25) is 11.8 Å². The molecule has 1 aromatic heterocycles. The number of anilines is 1. The maximum atomic E-state index is 12.4. The van der Waals surface area contributed by atoms with E-state index in [0.29, 0.717) is 0 Å². The SMILES string of the molecule is CC(NC(=O)Cn1nnc2ccccc21)c1ccc(NC(=O)C2CC2)cc1. The Balaban J connectivity index is 1.35. The van der Waals surface area contributed by atoms with Gasteiger partial charge in [0.1, 0.15) is 12.1 Å². The summed E-state index contributed by atoms with van der Waals surface area (Å²) < 4.78 is 1.59. The molecule has 138 valence electrons. The minimum absolute atomic E-state index is 0.0872. The topological polar surface area (TPSA) is 88.9 Å². The minimum Gasteiger partial charge on any atom is -0.348 e. The molecule has 7 heteroatoms. The molecule has 0 saturated heterocycles. The number of nitrogens with zero attached hydrogens (tertiary/aromatic N) is 3. The van der Waals surface area contributed by atoms with Gasteiger partial charge < -0.3 is 10.6 Å². The van der Waals surface area contributed by atoms with Crippen LogP contribution in [0.25, 0.3) is 11.0 Å². The molecule has 1 fully saturated rings. The maximum Gasteiger partial charge on any atom is 0.242 e. The highest BCUT2D eigenvalue weighted by Crippen LogP contribution is 2.30. The van der Waals surface area contributed by atoms with Crippen molar-refractivity contribution in [2.24, 2.45) is 5.92 Å². The molecule has 7 nitrogen and oxygen atoms in total. The van der Waals surface area contributed by atoms with Crippen LogP contribution in [0.1, 0.15) is 31.4 Å². The first-order chi connectivity index (χ1) is 13.1. The first kappa shape index (κ1) is 17.2. The average Bonchev–Trinajstić information content (AvgIpc) is 3.45. The maximum absolute atomic E-state index is 12.4. The number of benzene rings is 2. The fourth-order valence-electron chi connectivity index (χ4n) is 2.99. The van der Waals surface area contributed by atoms with Crippen LogP contribution in [-0.2, 0) is 16.1 Å². The van der Waals surface area contributed by atoms with Gasteiger partial charge in [-0.05, 0) is 49.6 Å². The first-order valence-electron chi connectivity index (χ1n) is 9.08. The summed E-state index contributed by atoms with van der Waals surface area (Å²) in [6.07, 6.45) is 1.96. The zero-order chi connectivity index (χ0) is 18.8. The molecule has 2 aromatic carbocycles. The second-order valence-electron chi connectivity index (χ2n) is 6.91. The lowest BCUT2D eigenvalue weighted by molar-refractivity contribution is -0.122. The molecule has 27 heavy (non-hydrogen) atoms. The van der Waals surface area contributed by atoms with Gasteiger partial charge in [-0.3, -0.25) is 9.59 Å². The van der Waals surface area contributed by atoms with Crippen molar-refractivity contribution in [3.8, 4) is 0 Å². The van der Waals surface area contributed by atoms with Gasteiger partial charge in [0, 0.05) is 11.6 Å². The van der Waals surface area contributed by atoms with Crippen LogP contribution < -0.4 is 10.6 Å². The quantitative estimate of drug-likeness (QED) is 0.705. The number of hydrogen-bond acceptors (Lipinski definition) is 4. The largest absolute Gasteiger partial charge is 0.348 e. The molecule has 1 unspecified atom stereocenters. The fraction of sp³-hybridized carbons (Fsp3) is 0.300. The minimum atomic E-state index is -0.152. The standard InChI is InChI=1S/C20H21N5O2/c1-13(14-8-10-16(11-9-14)22-20(27)15-6-7-15)21-19(26)12-25-18-5-3-2-4-17(18)23-24-25/h2-5,8-11,13,15H,6-7,12H2,1H3,(H,21,26)(H,22,27). The Bertz CT molecular complexity index is 975. The molecule has 1 heterocycles. The van der Waals surface area contributed by atoms with Gasteiger partial charge >= 0.3 is 0 Å². The highest BCUT2D eigenvalue weighted by Gasteiger charge is 2.29. The fourth-order valence-corrected chi connectivity index (χ4v) is 2.99. The van der Waals surface area contributed by atoms with Crippen molar-refractivity contribution < 1.29 is 9.59 Å². The van der Waals surface area contributed by atoms with E-state index in [1.54, 1.807) is 4.68 Å².